The SMILES string of the molecule is CC(C)CN(CCO)CCC[C@H](NC(=O)c1ccc(CNCC(C)c2ncc[nH]2)cc1)C(=O)N[C@@H](C)c1cccc2ccccc12. The first-order chi connectivity index (χ1) is 22.2. The molecule has 2 amide bonds. The average molecular weight is 627 g/mol. The Balaban J connectivity index is 1.40. The standard InChI is InChI=1S/C37H50N6O3/c1-26(2)25-43(21-22-44)20-8-13-34(37(46)41-28(4)32-12-7-10-30-9-5-6-11-33(30)32)42-36(45)31-16-14-29(15-17-31)24-38-23-27(3)35-39-18-19-40-35/h5-7,9-12,14-19,26-28,34,38,44H,8,13,20-25H2,1-4H3,(H,39,40)(H,41,46)(H,42,45)/t27?,28-,34-/m0/s1. The summed E-state index contributed by atoms with van der Waals surface area (Å²) >= 11 is 0. The molecule has 3 atom stereocenters. The molecule has 0 aliphatic heterocycles. The van der Waals surface area contributed by atoms with Crippen molar-refractivity contribution in [2.45, 2.75) is 65.1 Å². The van der Waals surface area contributed by atoms with Crippen LogP contribution in [0.25, 0.3) is 10.8 Å². The lowest BCUT2D eigenvalue weighted by Gasteiger charge is -2.26. The molecule has 0 saturated heterocycles. The van der Waals surface area contributed by atoms with Crippen LogP contribution in [0.5, 0.6) is 0 Å². The number of aliphatic hydroxyl groups excluding tert-OH is 1. The topological polar surface area (TPSA) is 122 Å². The number of carbonyl (C=O) groups is 2. The zero-order valence-electron chi connectivity index (χ0n) is 27.6. The van der Waals surface area contributed by atoms with Crippen LogP contribution in [0.3, 0.4) is 0 Å². The van der Waals surface area contributed by atoms with Gasteiger partial charge in [0.05, 0.1) is 12.6 Å². The van der Waals surface area contributed by atoms with Crippen molar-refractivity contribution in [3.8, 4) is 0 Å². The van der Waals surface area contributed by atoms with Crippen molar-refractivity contribution in [1.82, 2.24) is 30.8 Å². The molecule has 0 aliphatic rings. The van der Waals surface area contributed by atoms with E-state index >= 15 is 0 Å². The molecule has 46 heavy (non-hydrogen) atoms. The summed E-state index contributed by atoms with van der Waals surface area (Å²) in [5.41, 5.74) is 2.61. The van der Waals surface area contributed by atoms with Gasteiger partial charge in [-0.25, -0.2) is 4.98 Å². The lowest BCUT2D eigenvalue weighted by atomic mass is 9.99. The molecule has 4 aromatic rings. The third-order valence-electron chi connectivity index (χ3n) is 8.26. The minimum absolute atomic E-state index is 0.0877. The Morgan fingerprint density at radius 2 is 1.70 bits per heavy atom. The molecule has 5 N–H and O–H groups in total. The largest absolute Gasteiger partial charge is 0.395 e. The number of benzene rings is 3. The van der Waals surface area contributed by atoms with E-state index in [2.05, 4.69) is 69.8 Å². The summed E-state index contributed by atoms with van der Waals surface area (Å²) in [5.74, 6) is 1.18. The smallest absolute Gasteiger partial charge is 0.251 e. The number of aromatic amines is 1. The number of nitrogens with one attached hydrogen (secondary N) is 4. The predicted octanol–water partition coefficient (Wildman–Crippen LogP) is 5.16. The third kappa shape index (κ3) is 10.2. The van der Waals surface area contributed by atoms with Crippen molar-refractivity contribution in [3.63, 3.8) is 0 Å². The molecule has 246 valence electrons. The highest BCUT2D eigenvalue weighted by Crippen LogP contribution is 2.24. The highest BCUT2D eigenvalue weighted by Gasteiger charge is 2.24. The summed E-state index contributed by atoms with van der Waals surface area (Å²) in [6.07, 6.45) is 4.77. The Bertz CT molecular complexity index is 1500. The predicted molar refractivity (Wildman–Crippen MR) is 185 cm³/mol. The van der Waals surface area contributed by atoms with Crippen LogP contribution >= 0.6 is 0 Å². The Kier molecular flexibility index (Phi) is 13.3. The summed E-state index contributed by atoms with van der Waals surface area (Å²) in [6, 6.07) is 20.8. The number of aromatic nitrogens is 2. The second kappa shape index (κ2) is 17.6. The van der Waals surface area contributed by atoms with E-state index in [9.17, 15) is 14.7 Å². The van der Waals surface area contributed by atoms with Gasteiger partial charge >= 0.3 is 0 Å². The van der Waals surface area contributed by atoms with Crippen LogP contribution < -0.4 is 16.0 Å². The molecule has 0 bridgehead atoms. The normalized spacial score (nSPS) is 13.5. The van der Waals surface area contributed by atoms with Crippen molar-refractivity contribution in [2.24, 2.45) is 5.92 Å². The van der Waals surface area contributed by atoms with E-state index in [-0.39, 0.29) is 30.4 Å². The van der Waals surface area contributed by atoms with Gasteiger partial charge in [0.1, 0.15) is 11.9 Å². The second-order valence-corrected chi connectivity index (χ2v) is 12.6. The van der Waals surface area contributed by atoms with Crippen molar-refractivity contribution >= 4 is 22.6 Å². The van der Waals surface area contributed by atoms with E-state index in [1.54, 1.807) is 6.20 Å². The molecule has 1 unspecified atom stereocenters. The van der Waals surface area contributed by atoms with E-state index in [0.29, 0.717) is 37.4 Å². The second-order valence-electron chi connectivity index (χ2n) is 12.6. The first-order valence-corrected chi connectivity index (χ1v) is 16.5. The fraction of sp³-hybridized carbons (Fsp3) is 0.432. The zero-order chi connectivity index (χ0) is 32.9. The Hall–Kier alpha value is -4.05. The van der Waals surface area contributed by atoms with E-state index in [1.807, 2.05) is 61.7 Å². The molecule has 0 saturated carbocycles. The molecule has 9 heteroatoms. The number of aliphatic hydroxyl groups is 1. The number of fused-ring (bicyclic) bond motifs is 1. The summed E-state index contributed by atoms with van der Waals surface area (Å²) < 4.78 is 0. The summed E-state index contributed by atoms with van der Waals surface area (Å²) in [7, 11) is 0. The quantitative estimate of drug-likeness (QED) is 0.104. The van der Waals surface area contributed by atoms with Gasteiger partial charge in [-0.1, -0.05) is 75.4 Å². The van der Waals surface area contributed by atoms with Crippen LogP contribution in [0.2, 0.25) is 0 Å². The maximum Gasteiger partial charge on any atom is 0.251 e. The van der Waals surface area contributed by atoms with Crippen molar-refractivity contribution in [2.75, 3.05) is 32.8 Å². The highest BCUT2D eigenvalue weighted by molar-refractivity contribution is 5.97. The first kappa shape index (κ1) is 34.8. The van der Waals surface area contributed by atoms with Crippen molar-refractivity contribution in [1.29, 1.82) is 0 Å². The number of nitrogens with zero attached hydrogens (tertiary/aromatic N) is 2. The Morgan fingerprint density at radius 1 is 0.935 bits per heavy atom. The molecule has 3 aromatic carbocycles. The lowest BCUT2D eigenvalue weighted by Crippen LogP contribution is -2.47. The molecule has 1 heterocycles. The molecule has 0 fully saturated rings. The third-order valence-corrected chi connectivity index (χ3v) is 8.26. The van der Waals surface area contributed by atoms with Gasteiger partial charge in [-0.2, -0.15) is 0 Å². The molecule has 4 rings (SSSR count). The number of hydrogen-bond donors (Lipinski definition) is 5. The van der Waals surface area contributed by atoms with Gasteiger partial charge in [0.15, 0.2) is 0 Å². The van der Waals surface area contributed by atoms with Crippen LogP contribution in [-0.4, -0.2) is 70.6 Å². The number of imidazole rings is 1. The maximum absolute atomic E-state index is 13.7. The number of H-pyrrole nitrogens is 1. The van der Waals surface area contributed by atoms with Crippen LogP contribution in [0.4, 0.5) is 0 Å². The number of hydrogen-bond acceptors (Lipinski definition) is 6. The van der Waals surface area contributed by atoms with Gasteiger partial charge in [0.25, 0.3) is 5.91 Å². The minimum Gasteiger partial charge on any atom is -0.395 e. The Morgan fingerprint density at radius 3 is 2.41 bits per heavy atom. The number of carbonyl (C=O) groups excluding carboxylic acids is 2. The van der Waals surface area contributed by atoms with E-state index < -0.39 is 6.04 Å². The average Bonchev–Trinajstić information content (AvgIpc) is 3.59. The van der Waals surface area contributed by atoms with Crippen LogP contribution in [0.1, 0.15) is 79.8 Å². The molecule has 9 nitrogen and oxygen atoms in total. The van der Waals surface area contributed by atoms with E-state index in [0.717, 1.165) is 47.4 Å². The molecular weight excluding hydrogens is 576 g/mol. The van der Waals surface area contributed by atoms with E-state index in [4.69, 9.17) is 0 Å². The highest BCUT2D eigenvalue weighted by atomic mass is 16.3. The monoisotopic (exact) mass is 626 g/mol. The Labute approximate surface area is 273 Å². The molecule has 0 radical (unpaired) electrons. The van der Waals surface area contributed by atoms with Gasteiger partial charge in [0, 0.05) is 50.1 Å². The lowest BCUT2D eigenvalue weighted by molar-refractivity contribution is -0.123. The van der Waals surface area contributed by atoms with Gasteiger partial charge in [-0.15, -0.1) is 0 Å². The molecule has 0 aliphatic carbocycles. The van der Waals surface area contributed by atoms with Crippen LogP contribution in [-0.2, 0) is 11.3 Å². The summed E-state index contributed by atoms with van der Waals surface area (Å²) in [6.45, 7) is 12.1. The zero-order valence-corrected chi connectivity index (χ0v) is 27.6. The maximum atomic E-state index is 13.7. The molecule has 1 aromatic heterocycles. The van der Waals surface area contributed by atoms with E-state index in [1.165, 1.54) is 0 Å². The van der Waals surface area contributed by atoms with Gasteiger partial charge in [-0.3, -0.25) is 9.59 Å². The molecule has 0 spiro atoms. The van der Waals surface area contributed by atoms with Gasteiger partial charge in [0.2, 0.25) is 5.91 Å². The summed E-state index contributed by atoms with van der Waals surface area (Å²) in [4.78, 5) is 36.8. The fourth-order valence-electron chi connectivity index (χ4n) is 5.85. The van der Waals surface area contributed by atoms with Crippen molar-refractivity contribution < 1.29 is 14.7 Å². The minimum atomic E-state index is -0.704. The van der Waals surface area contributed by atoms with Gasteiger partial charge < -0.3 is 30.9 Å². The first-order valence-electron chi connectivity index (χ1n) is 16.5. The van der Waals surface area contributed by atoms with Crippen molar-refractivity contribution in [3.05, 3.63) is 102 Å². The van der Waals surface area contributed by atoms with Crippen LogP contribution in [0.15, 0.2) is 79.1 Å². The fourth-order valence-corrected chi connectivity index (χ4v) is 5.85. The van der Waals surface area contributed by atoms with Gasteiger partial charge in [-0.05, 0) is 66.3 Å². The summed E-state index contributed by atoms with van der Waals surface area (Å²) in [5, 5.41) is 21.4. The van der Waals surface area contributed by atoms with Crippen LogP contribution in [0, 0.1) is 5.92 Å². The number of rotatable bonds is 18. The number of amides is 2. The molecular formula is C37H50N6O3.